The summed E-state index contributed by atoms with van der Waals surface area (Å²) in [7, 11) is -4.19. The fourth-order valence-electron chi connectivity index (χ4n) is 1.29. The van der Waals surface area contributed by atoms with E-state index < -0.39 is 44.9 Å². The maximum atomic E-state index is 13.6. The van der Waals surface area contributed by atoms with Crippen molar-refractivity contribution < 1.29 is 22.3 Å². The molecule has 0 aliphatic rings. The number of aliphatic hydroxyl groups excluding tert-OH is 1. The molecule has 0 aliphatic heterocycles. The van der Waals surface area contributed by atoms with Crippen molar-refractivity contribution in [1.29, 1.82) is 0 Å². The van der Waals surface area contributed by atoms with E-state index in [0.717, 1.165) is 12.1 Å². The van der Waals surface area contributed by atoms with Crippen LogP contribution in [0.1, 0.15) is 13.3 Å². The van der Waals surface area contributed by atoms with Crippen molar-refractivity contribution >= 4 is 15.7 Å². The maximum absolute atomic E-state index is 13.6. The molecule has 8 heteroatoms. The molecule has 0 heterocycles. The average molecular weight is 280 g/mol. The molecule has 0 amide bonds. The Bertz CT molecular complexity index is 530. The van der Waals surface area contributed by atoms with Gasteiger partial charge >= 0.3 is 0 Å². The molecule has 0 aliphatic carbocycles. The van der Waals surface area contributed by atoms with E-state index in [-0.39, 0.29) is 0 Å². The number of benzene rings is 1. The van der Waals surface area contributed by atoms with E-state index in [2.05, 4.69) is 4.72 Å². The average Bonchev–Trinajstić information content (AvgIpc) is 2.32. The summed E-state index contributed by atoms with van der Waals surface area (Å²) in [6, 6.07) is 0.820. The number of nitrogens with one attached hydrogen (secondary N) is 1. The number of sulfonamides is 1. The molecule has 0 aromatic heterocycles. The second-order valence-corrected chi connectivity index (χ2v) is 5.36. The highest BCUT2D eigenvalue weighted by Gasteiger charge is 2.24. The van der Waals surface area contributed by atoms with Crippen molar-refractivity contribution in [2.45, 2.75) is 24.3 Å². The summed E-state index contributed by atoms with van der Waals surface area (Å²) < 4.78 is 52.2. The van der Waals surface area contributed by atoms with Crippen LogP contribution in [0.15, 0.2) is 17.0 Å². The van der Waals surface area contributed by atoms with Gasteiger partial charge in [-0.25, -0.2) is 21.9 Å². The molecule has 0 spiro atoms. The summed E-state index contributed by atoms with van der Waals surface area (Å²) in [6.07, 6.45) is 0.327. The lowest BCUT2D eigenvalue weighted by molar-refractivity contribution is 0.253. The van der Waals surface area contributed by atoms with E-state index >= 15 is 0 Å². The summed E-state index contributed by atoms with van der Waals surface area (Å²) in [5.41, 5.74) is 4.23. The molecule has 0 saturated carbocycles. The van der Waals surface area contributed by atoms with Gasteiger partial charge in [-0.2, -0.15) is 0 Å². The number of nitrogen functional groups attached to an aromatic ring is 1. The second-order valence-electron chi connectivity index (χ2n) is 3.68. The Hall–Kier alpha value is -1.25. The Morgan fingerprint density at radius 3 is 2.56 bits per heavy atom. The topological polar surface area (TPSA) is 92.4 Å². The predicted octanol–water partition coefficient (Wildman–Crippen LogP) is 0.596. The zero-order chi connectivity index (χ0) is 13.9. The zero-order valence-corrected chi connectivity index (χ0v) is 10.5. The minimum absolute atomic E-state index is 0.327. The summed E-state index contributed by atoms with van der Waals surface area (Å²) in [6.45, 7) is 1.23. The third-order valence-electron chi connectivity index (χ3n) is 2.42. The first-order valence-electron chi connectivity index (χ1n) is 5.20. The van der Waals surface area contributed by atoms with Gasteiger partial charge in [-0.1, -0.05) is 6.92 Å². The highest BCUT2D eigenvalue weighted by Crippen LogP contribution is 2.22. The Balaban J connectivity index is 3.17. The van der Waals surface area contributed by atoms with Crippen molar-refractivity contribution in [3.05, 3.63) is 23.8 Å². The van der Waals surface area contributed by atoms with Gasteiger partial charge in [0.05, 0.1) is 6.61 Å². The molecule has 0 fully saturated rings. The second kappa shape index (κ2) is 5.59. The molecule has 18 heavy (non-hydrogen) atoms. The monoisotopic (exact) mass is 280 g/mol. The van der Waals surface area contributed by atoms with Crippen LogP contribution in [0, 0.1) is 11.6 Å². The lowest BCUT2D eigenvalue weighted by Gasteiger charge is -2.15. The molecular weight excluding hydrogens is 266 g/mol. The van der Waals surface area contributed by atoms with E-state index in [4.69, 9.17) is 10.8 Å². The van der Waals surface area contributed by atoms with Crippen LogP contribution in [0.4, 0.5) is 14.5 Å². The van der Waals surface area contributed by atoms with Gasteiger partial charge in [-0.3, -0.25) is 0 Å². The summed E-state index contributed by atoms with van der Waals surface area (Å²) in [5, 5.41) is 8.90. The van der Waals surface area contributed by atoms with Crippen molar-refractivity contribution in [2.24, 2.45) is 0 Å². The number of nitrogens with two attached hydrogens (primary N) is 1. The molecule has 1 atom stereocenters. The van der Waals surface area contributed by atoms with Crippen LogP contribution in [0.2, 0.25) is 0 Å². The molecule has 1 rings (SSSR count). The van der Waals surface area contributed by atoms with Crippen LogP contribution < -0.4 is 10.5 Å². The molecule has 1 aromatic carbocycles. The fourth-order valence-corrected chi connectivity index (χ4v) is 2.69. The van der Waals surface area contributed by atoms with Gasteiger partial charge in [0.25, 0.3) is 0 Å². The molecular formula is C10H14F2N2O3S. The van der Waals surface area contributed by atoms with Crippen LogP contribution in [0.25, 0.3) is 0 Å². The van der Waals surface area contributed by atoms with E-state index in [1.807, 2.05) is 0 Å². The van der Waals surface area contributed by atoms with Gasteiger partial charge in [0, 0.05) is 6.04 Å². The molecule has 102 valence electrons. The van der Waals surface area contributed by atoms with Gasteiger partial charge in [0.1, 0.15) is 16.4 Å². The number of hydrogen-bond donors (Lipinski definition) is 3. The van der Waals surface area contributed by atoms with E-state index in [9.17, 15) is 17.2 Å². The Labute approximate surface area is 104 Å². The smallest absolute Gasteiger partial charge is 0.243 e. The van der Waals surface area contributed by atoms with Crippen molar-refractivity contribution in [1.82, 2.24) is 4.72 Å². The zero-order valence-electron chi connectivity index (χ0n) is 9.65. The summed E-state index contributed by atoms with van der Waals surface area (Å²) in [5.74, 6) is -2.36. The van der Waals surface area contributed by atoms with Gasteiger partial charge in [0.2, 0.25) is 10.0 Å². The number of hydrogen-bond acceptors (Lipinski definition) is 4. The Morgan fingerprint density at radius 1 is 1.44 bits per heavy atom. The molecule has 0 bridgehead atoms. The van der Waals surface area contributed by atoms with Crippen LogP contribution in [0.3, 0.4) is 0 Å². The van der Waals surface area contributed by atoms with Gasteiger partial charge in [-0.05, 0) is 18.6 Å². The fraction of sp³-hybridized carbons (Fsp3) is 0.400. The first kappa shape index (κ1) is 14.8. The van der Waals surface area contributed by atoms with Gasteiger partial charge < -0.3 is 10.8 Å². The standard InChI is InChI=1S/C10H14F2N2O3S/c1-2-6(5-15)14-18(16,17)8-4-3-7(11)10(13)9(8)12/h3-4,6,14-15H,2,5,13H2,1H3/t6-/m1/s1. The van der Waals surface area contributed by atoms with E-state index in [0.29, 0.717) is 6.42 Å². The largest absolute Gasteiger partial charge is 0.395 e. The quantitative estimate of drug-likeness (QED) is 0.688. The molecule has 1 aromatic rings. The lowest BCUT2D eigenvalue weighted by atomic mass is 10.3. The summed E-state index contributed by atoms with van der Waals surface area (Å²) >= 11 is 0. The normalized spacial score (nSPS) is 13.6. The third kappa shape index (κ3) is 2.95. The van der Waals surface area contributed by atoms with Crippen LogP contribution in [-0.2, 0) is 10.0 Å². The Morgan fingerprint density at radius 2 is 2.06 bits per heavy atom. The van der Waals surface area contributed by atoms with E-state index in [1.54, 1.807) is 6.92 Å². The van der Waals surface area contributed by atoms with Crippen LogP contribution in [0.5, 0.6) is 0 Å². The molecule has 5 nitrogen and oxygen atoms in total. The SMILES string of the molecule is CC[C@H](CO)NS(=O)(=O)c1ccc(F)c(N)c1F. The van der Waals surface area contributed by atoms with Crippen molar-refractivity contribution in [3.63, 3.8) is 0 Å². The molecule has 0 radical (unpaired) electrons. The highest BCUT2D eigenvalue weighted by molar-refractivity contribution is 7.89. The molecule has 4 N–H and O–H groups in total. The van der Waals surface area contributed by atoms with Crippen LogP contribution in [-0.4, -0.2) is 26.2 Å². The van der Waals surface area contributed by atoms with Crippen LogP contribution >= 0.6 is 0 Å². The van der Waals surface area contributed by atoms with Gasteiger partial charge in [-0.15, -0.1) is 0 Å². The molecule has 0 unspecified atom stereocenters. The summed E-state index contributed by atoms with van der Waals surface area (Å²) in [4.78, 5) is -0.742. The minimum atomic E-state index is -4.19. The van der Waals surface area contributed by atoms with Crippen molar-refractivity contribution in [2.75, 3.05) is 12.3 Å². The maximum Gasteiger partial charge on any atom is 0.243 e. The number of anilines is 1. The van der Waals surface area contributed by atoms with E-state index in [1.165, 1.54) is 0 Å². The number of aliphatic hydroxyl groups is 1. The van der Waals surface area contributed by atoms with Crippen molar-refractivity contribution in [3.8, 4) is 0 Å². The number of rotatable bonds is 5. The third-order valence-corrected chi connectivity index (χ3v) is 3.95. The first-order valence-corrected chi connectivity index (χ1v) is 6.68. The van der Waals surface area contributed by atoms with Gasteiger partial charge in [0.15, 0.2) is 5.82 Å². The minimum Gasteiger partial charge on any atom is -0.395 e. The predicted molar refractivity (Wildman–Crippen MR) is 62.3 cm³/mol. The Kier molecular flexibility index (Phi) is 4.60. The highest BCUT2D eigenvalue weighted by atomic mass is 32.2. The lowest BCUT2D eigenvalue weighted by Crippen LogP contribution is -2.37. The first-order chi connectivity index (χ1) is 8.33. The molecule has 0 saturated heterocycles. The number of halogens is 2.